The van der Waals surface area contributed by atoms with Crippen LogP contribution < -0.4 is 4.74 Å². The minimum atomic E-state index is -0.971. The van der Waals surface area contributed by atoms with Crippen molar-refractivity contribution in [3.05, 3.63) is 75.3 Å². The number of carbonyl (C=O) groups is 1. The molecule has 0 amide bonds. The van der Waals surface area contributed by atoms with Crippen LogP contribution in [0.3, 0.4) is 0 Å². The summed E-state index contributed by atoms with van der Waals surface area (Å²) in [6.07, 6.45) is 0.807. The molecule has 0 saturated heterocycles. The van der Waals surface area contributed by atoms with E-state index in [9.17, 15) is 25.2 Å². The van der Waals surface area contributed by atoms with Gasteiger partial charge in [-0.05, 0) is 81.3 Å². The van der Waals surface area contributed by atoms with Crippen LogP contribution in [-0.4, -0.2) is 38.1 Å². The Bertz CT molecular complexity index is 1170. The van der Waals surface area contributed by atoms with E-state index in [1.54, 1.807) is 19.9 Å². The van der Waals surface area contributed by atoms with Crippen LogP contribution in [0.4, 0.5) is 0 Å². The summed E-state index contributed by atoms with van der Waals surface area (Å²) < 4.78 is 5.38. The van der Waals surface area contributed by atoms with E-state index in [1.165, 1.54) is 23.8 Å². The maximum atomic E-state index is 10.5. The molecule has 0 aliphatic carbocycles. The van der Waals surface area contributed by atoms with Gasteiger partial charge in [-0.2, -0.15) is 0 Å². The van der Waals surface area contributed by atoms with Crippen LogP contribution in [0, 0.1) is 40.5 Å². The Hall–Kier alpha value is -3.87. The zero-order valence-corrected chi connectivity index (χ0v) is 21.0. The second kappa shape index (κ2) is 11.5. The molecular weight excluding hydrogens is 448 g/mol. The van der Waals surface area contributed by atoms with Crippen molar-refractivity contribution in [2.45, 2.75) is 48.0 Å². The second-order valence-electron chi connectivity index (χ2n) is 9.07. The average molecular weight is 483 g/mol. The van der Waals surface area contributed by atoms with E-state index in [0.717, 1.165) is 23.1 Å². The van der Waals surface area contributed by atoms with E-state index >= 15 is 0 Å². The van der Waals surface area contributed by atoms with Crippen molar-refractivity contribution in [2.24, 2.45) is 5.92 Å². The molecule has 0 bridgehead atoms. The summed E-state index contributed by atoms with van der Waals surface area (Å²) in [7, 11) is 0. The van der Waals surface area contributed by atoms with Crippen LogP contribution >= 0.6 is 0 Å². The maximum Gasteiger partial charge on any atom is 0.335 e. The second-order valence-corrected chi connectivity index (χ2v) is 9.07. The number of aromatic hydroxyl groups is 4. The zero-order chi connectivity index (χ0) is 26.4. The quantitative estimate of drug-likeness (QED) is 0.301. The molecule has 1 aliphatic heterocycles. The highest BCUT2D eigenvalue weighted by molar-refractivity contribution is 5.88. The fourth-order valence-corrected chi connectivity index (χ4v) is 3.84. The Morgan fingerprint density at radius 1 is 0.800 bits per heavy atom. The van der Waals surface area contributed by atoms with Gasteiger partial charge < -0.3 is 30.3 Å². The molecule has 0 spiro atoms. The summed E-state index contributed by atoms with van der Waals surface area (Å²) >= 11 is 0. The number of phenolic OH excluding ortho intramolecular Hbond substituents is 4. The summed E-state index contributed by atoms with van der Waals surface area (Å²) in [5.74, 6) is 0.817. The van der Waals surface area contributed by atoms with E-state index in [2.05, 4.69) is 6.92 Å². The fraction of sp³-hybridized carbons (Fsp3) is 0.321. The Morgan fingerprint density at radius 3 is 1.77 bits per heavy atom. The SMILES string of the molecule is CC1COc2cc(O)cc(O)c2C1.Cc1cc(C(=O)O)cc(C)c1O.Cc1cc(C)c(O)c(C)c1. The van der Waals surface area contributed by atoms with E-state index in [4.69, 9.17) is 9.84 Å². The van der Waals surface area contributed by atoms with Crippen molar-refractivity contribution in [1.29, 1.82) is 0 Å². The smallest absolute Gasteiger partial charge is 0.335 e. The molecule has 5 N–H and O–H groups in total. The lowest BCUT2D eigenvalue weighted by Gasteiger charge is -2.23. The fourth-order valence-electron chi connectivity index (χ4n) is 3.84. The van der Waals surface area contributed by atoms with Crippen molar-refractivity contribution in [1.82, 2.24) is 0 Å². The van der Waals surface area contributed by atoms with E-state index < -0.39 is 5.97 Å². The number of fused-ring (bicyclic) bond motifs is 1. The molecule has 4 rings (SSSR count). The van der Waals surface area contributed by atoms with Gasteiger partial charge in [0.15, 0.2) is 0 Å². The minimum Gasteiger partial charge on any atom is -0.508 e. The average Bonchev–Trinajstić information content (AvgIpc) is 2.76. The lowest BCUT2D eigenvalue weighted by atomic mass is 9.97. The number of carboxylic acid groups (broad SMARTS) is 1. The summed E-state index contributed by atoms with van der Waals surface area (Å²) in [5.41, 5.74) is 5.31. The Labute approximate surface area is 205 Å². The first-order valence-electron chi connectivity index (χ1n) is 11.3. The van der Waals surface area contributed by atoms with Gasteiger partial charge in [0.05, 0.1) is 12.2 Å². The molecule has 0 aromatic heterocycles. The molecule has 3 aromatic carbocycles. The van der Waals surface area contributed by atoms with Crippen LogP contribution in [0.15, 0.2) is 36.4 Å². The molecular formula is C28H34O7. The Morgan fingerprint density at radius 2 is 1.29 bits per heavy atom. The number of carboxylic acids is 1. The summed E-state index contributed by atoms with van der Waals surface area (Å²) in [5, 5.41) is 46.0. The van der Waals surface area contributed by atoms with Gasteiger partial charge >= 0.3 is 5.97 Å². The third-order valence-corrected chi connectivity index (χ3v) is 5.62. The highest BCUT2D eigenvalue weighted by atomic mass is 16.5. The number of ether oxygens (including phenoxy) is 1. The molecule has 35 heavy (non-hydrogen) atoms. The molecule has 1 atom stereocenters. The van der Waals surface area contributed by atoms with Gasteiger partial charge in [-0.25, -0.2) is 4.79 Å². The molecule has 1 heterocycles. The molecule has 7 heteroatoms. The van der Waals surface area contributed by atoms with Crippen molar-refractivity contribution in [3.8, 4) is 28.7 Å². The van der Waals surface area contributed by atoms with E-state index in [-0.39, 0.29) is 22.8 Å². The summed E-state index contributed by atoms with van der Waals surface area (Å²) in [6.45, 7) is 11.9. The van der Waals surface area contributed by atoms with Crippen molar-refractivity contribution >= 4 is 5.97 Å². The zero-order valence-electron chi connectivity index (χ0n) is 21.0. The van der Waals surface area contributed by atoms with Gasteiger partial charge in [-0.1, -0.05) is 24.6 Å². The Kier molecular flexibility index (Phi) is 9.00. The normalized spacial score (nSPS) is 13.8. The van der Waals surface area contributed by atoms with Gasteiger partial charge in [-0.15, -0.1) is 0 Å². The van der Waals surface area contributed by atoms with E-state index in [0.29, 0.717) is 35.2 Å². The molecule has 1 aliphatic rings. The Balaban J connectivity index is 0.000000187. The van der Waals surface area contributed by atoms with Gasteiger partial charge in [0.2, 0.25) is 0 Å². The van der Waals surface area contributed by atoms with Crippen LogP contribution in [0.2, 0.25) is 0 Å². The number of rotatable bonds is 1. The van der Waals surface area contributed by atoms with Gasteiger partial charge in [0, 0.05) is 17.7 Å². The standard InChI is InChI=1S/C10H12O3.C9H10O3.C9H12O/c1-6-2-8-9(12)3-7(11)4-10(8)13-5-6;1-5-3-7(9(11)12)4-6(2)8(5)10;1-6-4-7(2)9(10)8(3)5-6/h3-4,6,11-12H,2,5H2,1H3;3-4,10H,1-2H3,(H,11,12);4-5,10H,1-3H3. The van der Waals surface area contributed by atoms with Crippen molar-refractivity contribution in [2.75, 3.05) is 6.61 Å². The first-order valence-corrected chi connectivity index (χ1v) is 11.3. The minimum absolute atomic E-state index is 0.0470. The highest BCUT2D eigenvalue weighted by Gasteiger charge is 2.20. The van der Waals surface area contributed by atoms with Crippen LogP contribution in [-0.2, 0) is 6.42 Å². The number of phenols is 4. The number of hydrogen-bond acceptors (Lipinski definition) is 6. The van der Waals surface area contributed by atoms with Crippen molar-refractivity contribution in [3.63, 3.8) is 0 Å². The third kappa shape index (κ3) is 7.30. The summed E-state index contributed by atoms with van der Waals surface area (Å²) in [4.78, 5) is 10.5. The van der Waals surface area contributed by atoms with Crippen LogP contribution in [0.25, 0.3) is 0 Å². The summed E-state index contributed by atoms with van der Waals surface area (Å²) in [6, 6.07) is 9.74. The monoisotopic (exact) mass is 482 g/mol. The molecule has 0 saturated carbocycles. The van der Waals surface area contributed by atoms with Gasteiger partial charge in [-0.3, -0.25) is 0 Å². The molecule has 0 radical (unpaired) electrons. The van der Waals surface area contributed by atoms with Gasteiger partial charge in [0.25, 0.3) is 0 Å². The molecule has 7 nitrogen and oxygen atoms in total. The van der Waals surface area contributed by atoms with Crippen LogP contribution in [0.5, 0.6) is 28.7 Å². The highest BCUT2D eigenvalue weighted by Crippen LogP contribution is 2.37. The maximum absolute atomic E-state index is 10.5. The predicted octanol–water partition coefficient (Wildman–Crippen LogP) is 5.69. The lowest BCUT2D eigenvalue weighted by molar-refractivity contribution is 0.0696. The first kappa shape index (κ1) is 27.4. The number of hydrogen-bond donors (Lipinski definition) is 5. The topological polar surface area (TPSA) is 127 Å². The molecule has 3 aromatic rings. The third-order valence-electron chi connectivity index (χ3n) is 5.62. The molecule has 0 fully saturated rings. The largest absolute Gasteiger partial charge is 0.508 e. The molecule has 1 unspecified atom stereocenters. The number of benzene rings is 3. The predicted molar refractivity (Wildman–Crippen MR) is 135 cm³/mol. The van der Waals surface area contributed by atoms with E-state index in [1.807, 2.05) is 32.9 Å². The van der Waals surface area contributed by atoms with Crippen molar-refractivity contribution < 1.29 is 35.1 Å². The number of aryl methyl sites for hydroxylation is 5. The molecule has 188 valence electrons. The number of aromatic carboxylic acids is 1. The lowest BCUT2D eigenvalue weighted by Crippen LogP contribution is -2.17. The van der Waals surface area contributed by atoms with Gasteiger partial charge in [0.1, 0.15) is 28.7 Å². The first-order chi connectivity index (χ1) is 16.3. The van der Waals surface area contributed by atoms with Crippen LogP contribution in [0.1, 0.15) is 50.7 Å².